The smallest absolute Gasteiger partial charge is 0.194 e. The van der Waals surface area contributed by atoms with Crippen LogP contribution in [0.4, 0.5) is 0 Å². The fourth-order valence-electron chi connectivity index (χ4n) is 5.16. The van der Waals surface area contributed by atoms with Gasteiger partial charge in [0.25, 0.3) is 0 Å². The van der Waals surface area contributed by atoms with E-state index < -0.39 is 0 Å². The van der Waals surface area contributed by atoms with Gasteiger partial charge in [0.15, 0.2) is 5.96 Å². The van der Waals surface area contributed by atoms with E-state index in [4.69, 9.17) is 9.73 Å². The number of hydrogen-bond donors (Lipinski definition) is 1. The number of ether oxygens (including phenoxy) is 1. The molecule has 4 atom stereocenters. The molecule has 0 aromatic rings. The van der Waals surface area contributed by atoms with Gasteiger partial charge in [0.2, 0.25) is 0 Å². The van der Waals surface area contributed by atoms with E-state index in [1.807, 2.05) is 0 Å². The maximum absolute atomic E-state index is 5.95. The lowest BCUT2D eigenvalue weighted by molar-refractivity contribution is -0.107. The molecular weight excluding hydrogens is 312 g/mol. The predicted octanol–water partition coefficient (Wildman–Crippen LogP) is 2.43. The van der Waals surface area contributed by atoms with Crippen LogP contribution in [0.3, 0.4) is 0 Å². The van der Waals surface area contributed by atoms with Crippen LogP contribution in [-0.2, 0) is 4.74 Å². The quantitative estimate of drug-likeness (QED) is 0.590. The Labute approximate surface area is 154 Å². The summed E-state index contributed by atoms with van der Waals surface area (Å²) in [5.74, 6) is 2.56. The molecular formula is C20H38N4O. The topological polar surface area (TPSA) is 40.1 Å². The fourth-order valence-corrected chi connectivity index (χ4v) is 5.16. The monoisotopic (exact) mass is 350 g/mol. The first-order valence-corrected chi connectivity index (χ1v) is 10.4. The number of rotatable bonds is 6. The first kappa shape index (κ1) is 19.0. The van der Waals surface area contributed by atoms with Crippen molar-refractivity contribution in [3.05, 3.63) is 0 Å². The van der Waals surface area contributed by atoms with Gasteiger partial charge in [-0.05, 0) is 38.8 Å². The lowest BCUT2D eigenvalue weighted by Gasteiger charge is -2.55. The van der Waals surface area contributed by atoms with Crippen LogP contribution >= 0.6 is 0 Å². The van der Waals surface area contributed by atoms with Crippen LogP contribution in [0.5, 0.6) is 0 Å². The second kappa shape index (κ2) is 7.83. The van der Waals surface area contributed by atoms with Crippen LogP contribution < -0.4 is 5.32 Å². The van der Waals surface area contributed by atoms with Crippen LogP contribution in [-0.4, -0.2) is 73.8 Å². The summed E-state index contributed by atoms with van der Waals surface area (Å²) in [5, 5.41) is 3.84. The van der Waals surface area contributed by atoms with E-state index in [2.05, 4.69) is 49.7 Å². The first-order chi connectivity index (χ1) is 12.0. The van der Waals surface area contributed by atoms with E-state index >= 15 is 0 Å². The minimum absolute atomic E-state index is 0.204. The molecule has 5 nitrogen and oxygen atoms in total. The summed E-state index contributed by atoms with van der Waals surface area (Å²) in [6, 6.07) is 0.493. The van der Waals surface area contributed by atoms with Gasteiger partial charge in [-0.2, -0.15) is 0 Å². The lowest BCUT2D eigenvalue weighted by atomic mass is 9.57. The Kier molecular flexibility index (Phi) is 5.94. The SMILES string of the molecule is CCN=C(NC1C2CCOC2C1(C)C)N1CCC(CN(CC)CC)C1. The Balaban J connectivity index is 1.60. The van der Waals surface area contributed by atoms with Crippen LogP contribution in [0.1, 0.15) is 47.5 Å². The summed E-state index contributed by atoms with van der Waals surface area (Å²) >= 11 is 0. The van der Waals surface area contributed by atoms with Crippen LogP contribution in [0.15, 0.2) is 4.99 Å². The van der Waals surface area contributed by atoms with Crippen molar-refractivity contribution in [2.75, 3.05) is 45.9 Å². The summed E-state index contributed by atoms with van der Waals surface area (Å²) in [6.07, 6.45) is 2.90. The van der Waals surface area contributed by atoms with E-state index in [0.717, 1.165) is 51.2 Å². The Morgan fingerprint density at radius 3 is 2.68 bits per heavy atom. The molecule has 2 saturated heterocycles. The van der Waals surface area contributed by atoms with Crippen LogP contribution in [0.25, 0.3) is 0 Å². The molecule has 3 rings (SSSR count). The minimum atomic E-state index is 0.204. The summed E-state index contributed by atoms with van der Waals surface area (Å²) in [5.41, 5.74) is 0.204. The van der Waals surface area contributed by atoms with Crippen LogP contribution in [0.2, 0.25) is 0 Å². The molecule has 0 aromatic carbocycles. The average Bonchev–Trinajstić information content (AvgIpc) is 3.24. The normalized spacial score (nSPS) is 34.3. The van der Waals surface area contributed by atoms with Crippen molar-refractivity contribution in [1.82, 2.24) is 15.1 Å². The highest BCUT2D eigenvalue weighted by atomic mass is 16.5. The third-order valence-corrected chi connectivity index (χ3v) is 6.69. The number of fused-ring (bicyclic) bond motifs is 1. The highest BCUT2D eigenvalue weighted by molar-refractivity contribution is 5.81. The summed E-state index contributed by atoms with van der Waals surface area (Å²) < 4.78 is 5.95. The number of likely N-dealkylation sites (tertiary alicyclic amines) is 1. The molecule has 0 bridgehead atoms. The van der Waals surface area contributed by atoms with E-state index in [-0.39, 0.29) is 5.41 Å². The fraction of sp³-hybridized carbons (Fsp3) is 0.950. The van der Waals surface area contributed by atoms with Gasteiger partial charge in [0.1, 0.15) is 0 Å². The number of nitrogens with one attached hydrogen (secondary N) is 1. The highest BCUT2D eigenvalue weighted by Gasteiger charge is 2.59. The van der Waals surface area contributed by atoms with E-state index in [0.29, 0.717) is 18.1 Å². The second-order valence-electron chi connectivity index (χ2n) is 8.57. The minimum Gasteiger partial charge on any atom is -0.377 e. The molecule has 3 fully saturated rings. The maximum Gasteiger partial charge on any atom is 0.194 e. The third kappa shape index (κ3) is 3.68. The van der Waals surface area contributed by atoms with Crippen molar-refractivity contribution in [3.63, 3.8) is 0 Å². The maximum atomic E-state index is 5.95. The van der Waals surface area contributed by atoms with Gasteiger partial charge >= 0.3 is 0 Å². The van der Waals surface area contributed by atoms with Gasteiger partial charge in [-0.15, -0.1) is 0 Å². The summed E-state index contributed by atoms with van der Waals surface area (Å²) in [7, 11) is 0. The second-order valence-corrected chi connectivity index (χ2v) is 8.57. The van der Waals surface area contributed by atoms with Crippen molar-refractivity contribution in [2.45, 2.75) is 59.6 Å². The van der Waals surface area contributed by atoms with Gasteiger partial charge in [-0.25, -0.2) is 0 Å². The summed E-state index contributed by atoms with van der Waals surface area (Å²) in [6.45, 7) is 18.9. The van der Waals surface area contributed by atoms with Gasteiger partial charge < -0.3 is 19.9 Å². The zero-order valence-corrected chi connectivity index (χ0v) is 16.9. The Bertz CT molecular complexity index is 474. The largest absolute Gasteiger partial charge is 0.377 e. The van der Waals surface area contributed by atoms with Crippen molar-refractivity contribution in [2.24, 2.45) is 22.2 Å². The average molecular weight is 351 g/mol. The third-order valence-electron chi connectivity index (χ3n) is 6.69. The van der Waals surface area contributed by atoms with Crippen molar-refractivity contribution >= 4 is 5.96 Å². The number of guanidine groups is 1. The van der Waals surface area contributed by atoms with Gasteiger partial charge in [-0.1, -0.05) is 27.7 Å². The van der Waals surface area contributed by atoms with Gasteiger partial charge in [-0.3, -0.25) is 4.99 Å². The molecule has 0 aromatic heterocycles. The molecule has 3 aliphatic rings. The van der Waals surface area contributed by atoms with E-state index in [9.17, 15) is 0 Å². The summed E-state index contributed by atoms with van der Waals surface area (Å²) in [4.78, 5) is 9.88. The Morgan fingerprint density at radius 2 is 2.00 bits per heavy atom. The molecule has 1 N–H and O–H groups in total. The van der Waals surface area contributed by atoms with Gasteiger partial charge in [0.05, 0.1) is 6.10 Å². The molecule has 0 radical (unpaired) electrons. The standard InChI is InChI=1S/C20H38N4O/c1-6-21-19(22-17-16-10-12-25-18(16)20(17,4)5)24-11-9-15(14-24)13-23(7-2)8-3/h15-18H,6-14H2,1-5H3,(H,21,22). The molecule has 2 aliphatic heterocycles. The van der Waals surface area contributed by atoms with Crippen molar-refractivity contribution in [1.29, 1.82) is 0 Å². The number of hydrogen-bond acceptors (Lipinski definition) is 3. The molecule has 0 amide bonds. The molecule has 0 spiro atoms. The predicted molar refractivity (Wildman–Crippen MR) is 104 cm³/mol. The zero-order chi connectivity index (χ0) is 18.0. The Hall–Kier alpha value is -0.810. The van der Waals surface area contributed by atoms with Crippen molar-refractivity contribution in [3.8, 4) is 0 Å². The molecule has 2 heterocycles. The Morgan fingerprint density at radius 1 is 1.24 bits per heavy atom. The molecule has 5 heteroatoms. The molecule has 144 valence electrons. The zero-order valence-electron chi connectivity index (χ0n) is 16.9. The van der Waals surface area contributed by atoms with E-state index in [1.54, 1.807) is 0 Å². The van der Waals surface area contributed by atoms with Gasteiger partial charge in [0, 0.05) is 50.2 Å². The molecule has 1 saturated carbocycles. The molecule has 4 unspecified atom stereocenters. The highest BCUT2D eigenvalue weighted by Crippen LogP contribution is 2.52. The lowest BCUT2D eigenvalue weighted by Crippen LogP contribution is -2.68. The van der Waals surface area contributed by atoms with Crippen molar-refractivity contribution < 1.29 is 4.74 Å². The first-order valence-electron chi connectivity index (χ1n) is 10.4. The van der Waals surface area contributed by atoms with Crippen LogP contribution in [0, 0.1) is 17.3 Å². The number of nitrogens with zero attached hydrogens (tertiary/aromatic N) is 3. The molecule has 1 aliphatic carbocycles. The number of aliphatic imine (C=N–C) groups is 1. The molecule has 25 heavy (non-hydrogen) atoms. The van der Waals surface area contributed by atoms with E-state index in [1.165, 1.54) is 19.4 Å².